The zero-order chi connectivity index (χ0) is 13.3. The molecule has 0 aromatic carbocycles. The van der Waals surface area contributed by atoms with E-state index in [2.05, 4.69) is 0 Å². The fraction of sp³-hybridized carbons (Fsp3) is 1.00. The minimum atomic E-state index is -2.89. The maximum Gasteiger partial charge on any atom is 0.229 e. The predicted octanol–water partition coefficient (Wildman–Crippen LogP) is -1.39. The molecular formula is C9H19BF2O5. The van der Waals surface area contributed by atoms with Crippen LogP contribution in [0.1, 0.15) is 0 Å². The molecule has 0 heterocycles. The van der Waals surface area contributed by atoms with Gasteiger partial charge in [-0.1, -0.05) is 0 Å². The molecule has 0 saturated heterocycles. The Morgan fingerprint density at radius 2 is 1.94 bits per heavy atom. The molecular weight excluding hydrogens is 237 g/mol. The van der Waals surface area contributed by atoms with E-state index in [0.717, 1.165) is 7.85 Å². The van der Waals surface area contributed by atoms with Crippen LogP contribution in [0.15, 0.2) is 0 Å². The van der Waals surface area contributed by atoms with Crippen LogP contribution in [-0.2, 0) is 14.2 Å². The van der Waals surface area contributed by atoms with Gasteiger partial charge in [0.2, 0.25) is 5.82 Å². The van der Waals surface area contributed by atoms with Gasteiger partial charge in [0, 0.05) is 7.11 Å². The van der Waals surface area contributed by atoms with Crippen LogP contribution >= 0.6 is 0 Å². The number of halogens is 2. The van der Waals surface area contributed by atoms with Gasteiger partial charge in [0.1, 0.15) is 18.8 Å². The highest BCUT2D eigenvalue weighted by Gasteiger charge is 2.22. The average molecular weight is 256 g/mol. The summed E-state index contributed by atoms with van der Waals surface area (Å²) in [4.78, 5) is 0. The molecule has 102 valence electrons. The molecule has 0 fully saturated rings. The van der Waals surface area contributed by atoms with E-state index >= 15 is 0 Å². The number of hydrogen-bond acceptors (Lipinski definition) is 5. The highest BCUT2D eigenvalue weighted by Crippen LogP contribution is 2.08. The molecule has 2 N–H and O–H groups in total. The lowest BCUT2D eigenvalue weighted by molar-refractivity contribution is -0.0984. The molecule has 0 aliphatic heterocycles. The van der Waals surface area contributed by atoms with Crippen LogP contribution in [0, 0.1) is 0 Å². The minimum Gasteiger partial charge on any atom is -0.394 e. The Balaban J connectivity index is 3.81. The van der Waals surface area contributed by atoms with Gasteiger partial charge in [-0.05, 0) is 0 Å². The second kappa shape index (κ2) is 8.76. The summed E-state index contributed by atoms with van der Waals surface area (Å²) >= 11 is 0. The van der Waals surface area contributed by atoms with Gasteiger partial charge in [-0.3, -0.25) is 0 Å². The van der Waals surface area contributed by atoms with Crippen molar-refractivity contribution in [3.63, 3.8) is 0 Å². The molecule has 5 nitrogen and oxygen atoms in total. The van der Waals surface area contributed by atoms with Crippen LogP contribution in [0.5, 0.6) is 0 Å². The third-order valence-electron chi connectivity index (χ3n) is 1.75. The smallest absolute Gasteiger partial charge is 0.229 e. The van der Waals surface area contributed by atoms with Crippen molar-refractivity contribution in [1.29, 1.82) is 0 Å². The minimum absolute atomic E-state index is 0.0601. The van der Waals surface area contributed by atoms with Crippen LogP contribution in [0.2, 0.25) is 0 Å². The lowest BCUT2D eigenvalue weighted by atomic mass is 10.0. The van der Waals surface area contributed by atoms with Crippen LogP contribution in [0.3, 0.4) is 0 Å². The number of methoxy groups -OCH3 is 1. The van der Waals surface area contributed by atoms with Crippen molar-refractivity contribution >= 4 is 7.85 Å². The van der Waals surface area contributed by atoms with Gasteiger partial charge in [-0.15, -0.1) is 0 Å². The summed E-state index contributed by atoms with van der Waals surface area (Å²) in [6.45, 7) is -1.12. The van der Waals surface area contributed by atoms with Gasteiger partial charge in [0.15, 0.2) is 7.85 Å². The summed E-state index contributed by atoms with van der Waals surface area (Å²) in [7, 11) is 2.20. The summed E-state index contributed by atoms with van der Waals surface area (Å²) < 4.78 is 39.7. The molecule has 8 heteroatoms. The van der Waals surface area contributed by atoms with Crippen molar-refractivity contribution in [2.24, 2.45) is 0 Å². The molecule has 17 heavy (non-hydrogen) atoms. The van der Waals surface area contributed by atoms with Crippen LogP contribution in [0.25, 0.3) is 0 Å². The Bertz CT molecular complexity index is 191. The lowest BCUT2D eigenvalue weighted by Gasteiger charge is -2.20. The Morgan fingerprint density at radius 1 is 1.29 bits per heavy atom. The summed E-state index contributed by atoms with van der Waals surface area (Å²) in [6, 6.07) is 0. The van der Waals surface area contributed by atoms with Gasteiger partial charge in [-0.25, -0.2) is 8.78 Å². The number of aliphatic hydroxyl groups is 2. The summed E-state index contributed by atoms with van der Waals surface area (Å²) in [5, 5.41) is 17.6. The molecule has 0 aliphatic carbocycles. The SMILES string of the molecule is BC(F)(F)COCC(COC)OCC(O)CO. The first-order valence-corrected chi connectivity index (χ1v) is 5.24. The zero-order valence-electron chi connectivity index (χ0n) is 10.1. The average Bonchev–Trinajstić information content (AvgIpc) is 2.23. The van der Waals surface area contributed by atoms with Gasteiger partial charge in [0.05, 0.1) is 26.4 Å². The summed E-state index contributed by atoms with van der Waals surface area (Å²) in [6.07, 6.45) is -1.55. The third-order valence-corrected chi connectivity index (χ3v) is 1.75. The molecule has 0 rings (SSSR count). The normalized spacial score (nSPS) is 15.8. The molecule has 0 aliphatic rings. The second-order valence-corrected chi connectivity index (χ2v) is 3.83. The van der Waals surface area contributed by atoms with E-state index in [4.69, 9.17) is 24.4 Å². The van der Waals surface area contributed by atoms with Gasteiger partial charge < -0.3 is 24.4 Å². The van der Waals surface area contributed by atoms with Crippen LogP contribution < -0.4 is 0 Å². The maximum absolute atomic E-state index is 12.5. The molecule has 0 bridgehead atoms. The van der Waals surface area contributed by atoms with E-state index < -0.39 is 31.2 Å². The first-order valence-electron chi connectivity index (χ1n) is 5.24. The number of aliphatic hydroxyl groups excluding tert-OH is 2. The molecule has 0 spiro atoms. The Morgan fingerprint density at radius 3 is 2.41 bits per heavy atom. The zero-order valence-corrected chi connectivity index (χ0v) is 10.1. The quantitative estimate of drug-likeness (QED) is 0.471. The number of alkyl halides is 2. The van der Waals surface area contributed by atoms with Crippen molar-refractivity contribution in [3.05, 3.63) is 0 Å². The van der Waals surface area contributed by atoms with E-state index in [1.165, 1.54) is 7.11 Å². The highest BCUT2D eigenvalue weighted by atomic mass is 19.3. The predicted molar refractivity (Wildman–Crippen MR) is 59.0 cm³/mol. The van der Waals surface area contributed by atoms with E-state index in [1.807, 2.05) is 0 Å². The summed E-state index contributed by atoms with van der Waals surface area (Å²) in [5.74, 6) is -2.89. The van der Waals surface area contributed by atoms with Crippen molar-refractivity contribution in [3.8, 4) is 0 Å². The van der Waals surface area contributed by atoms with Crippen LogP contribution in [-0.4, -0.2) is 76.2 Å². The fourth-order valence-electron chi connectivity index (χ4n) is 1.000. The fourth-order valence-corrected chi connectivity index (χ4v) is 1.000. The Hall–Kier alpha value is -0.275. The molecule has 0 aromatic heterocycles. The van der Waals surface area contributed by atoms with Crippen molar-refractivity contribution in [2.45, 2.75) is 18.0 Å². The van der Waals surface area contributed by atoms with Crippen molar-refractivity contribution < 1.29 is 33.2 Å². The molecule has 0 aromatic rings. The van der Waals surface area contributed by atoms with E-state index in [0.29, 0.717) is 0 Å². The number of hydrogen-bond donors (Lipinski definition) is 2. The molecule has 0 saturated carbocycles. The highest BCUT2D eigenvalue weighted by molar-refractivity contribution is 6.13. The largest absolute Gasteiger partial charge is 0.394 e. The van der Waals surface area contributed by atoms with E-state index in [1.54, 1.807) is 0 Å². The monoisotopic (exact) mass is 256 g/mol. The van der Waals surface area contributed by atoms with Gasteiger partial charge in [0.25, 0.3) is 0 Å². The lowest BCUT2D eigenvalue weighted by Crippen LogP contribution is -2.33. The summed E-state index contributed by atoms with van der Waals surface area (Å²) in [5.41, 5.74) is 0. The van der Waals surface area contributed by atoms with Gasteiger partial charge in [-0.2, -0.15) is 0 Å². The van der Waals surface area contributed by atoms with Crippen molar-refractivity contribution in [2.75, 3.05) is 40.1 Å². The Kier molecular flexibility index (Phi) is 8.62. The molecule has 2 unspecified atom stereocenters. The maximum atomic E-state index is 12.5. The number of rotatable bonds is 10. The van der Waals surface area contributed by atoms with Crippen molar-refractivity contribution in [1.82, 2.24) is 0 Å². The number of ether oxygens (including phenoxy) is 3. The Labute approximate surface area is 100 Å². The first kappa shape index (κ1) is 16.7. The standard InChI is InChI=1S/C9H19BF2O5/c1-15-4-8(17-3-7(14)2-13)5-16-6-9(10,11)12/h7-8,13-14H,2-6,10H2,1H3. The van der Waals surface area contributed by atoms with E-state index in [-0.39, 0.29) is 19.8 Å². The van der Waals surface area contributed by atoms with Crippen LogP contribution in [0.4, 0.5) is 8.78 Å². The third kappa shape index (κ3) is 10.6. The topological polar surface area (TPSA) is 68.2 Å². The molecule has 0 radical (unpaired) electrons. The molecule has 2 atom stereocenters. The molecule has 0 amide bonds. The first-order chi connectivity index (χ1) is 7.89. The van der Waals surface area contributed by atoms with Gasteiger partial charge >= 0.3 is 0 Å². The second-order valence-electron chi connectivity index (χ2n) is 3.83. The van der Waals surface area contributed by atoms with E-state index in [9.17, 15) is 8.78 Å².